The highest BCUT2D eigenvalue weighted by molar-refractivity contribution is 5.22. The maximum atomic E-state index is 11.5. The van der Waals surface area contributed by atoms with Crippen LogP contribution in [-0.4, -0.2) is 24.8 Å². The van der Waals surface area contributed by atoms with Crippen molar-refractivity contribution in [1.29, 1.82) is 0 Å². The summed E-state index contributed by atoms with van der Waals surface area (Å²) in [6.07, 6.45) is 1.43. The molecule has 2 aromatic rings. The number of aromatic hydroxyl groups is 1. The molecular weight excluding hydrogens is 228 g/mol. The molecule has 2 heterocycles. The van der Waals surface area contributed by atoms with Crippen LogP contribution in [0.4, 0.5) is 0 Å². The van der Waals surface area contributed by atoms with Crippen LogP contribution in [0.2, 0.25) is 0 Å². The summed E-state index contributed by atoms with van der Waals surface area (Å²) in [6.45, 7) is 1.64. The molecule has 0 fully saturated rings. The molecule has 0 aliphatic carbocycles. The molecule has 0 saturated carbocycles. The molecule has 0 unspecified atom stereocenters. The number of aromatic amines is 1. The Morgan fingerprint density at radius 2 is 2.29 bits per heavy atom. The van der Waals surface area contributed by atoms with E-state index in [4.69, 9.17) is 0 Å². The molecule has 0 bridgehead atoms. The quantitative estimate of drug-likeness (QED) is 0.726. The van der Waals surface area contributed by atoms with E-state index in [0.717, 1.165) is 11.0 Å². The van der Waals surface area contributed by atoms with E-state index in [2.05, 4.69) is 19.6 Å². The lowest BCUT2D eigenvalue weighted by molar-refractivity contribution is 0.387. The van der Waals surface area contributed by atoms with E-state index in [1.807, 2.05) is 0 Å². The van der Waals surface area contributed by atoms with E-state index < -0.39 is 11.2 Å². The molecule has 90 valence electrons. The van der Waals surface area contributed by atoms with Crippen molar-refractivity contribution >= 4 is 0 Å². The van der Waals surface area contributed by atoms with Crippen LogP contribution in [0.1, 0.15) is 18.3 Å². The third-order valence-electron chi connectivity index (χ3n) is 2.33. The monoisotopic (exact) mass is 238 g/mol. The van der Waals surface area contributed by atoms with Gasteiger partial charge in [0.25, 0.3) is 5.56 Å². The third kappa shape index (κ3) is 1.96. The van der Waals surface area contributed by atoms with Crippen molar-refractivity contribution in [3.8, 4) is 5.88 Å². The Morgan fingerprint density at radius 1 is 1.53 bits per heavy atom. The van der Waals surface area contributed by atoms with Crippen molar-refractivity contribution in [1.82, 2.24) is 19.7 Å². The minimum absolute atomic E-state index is 0.0645. The highest BCUT2D eigenvalue weighted by Crippen LogP contribution is 2.11. The molecule has 0 spiro atoms. The van der Waals surface area contributed by atoms with Crippen LogP contribution in [-0.2, 0) is 13.0 Å². The van der Waals surface area contributed by atoms with E-state index in [9.17, 15) is 14.7 Å². The Labute approximate surface area is 94.5 Å². The van der Waals surface area contributed by atoms with Crippen molar-refractivity contribution in [2.75, 3.05) is 0 Å². The fraction of sp³-hybridized carbons (Fsp3) is 0.333. The average molecular weight is 238 g/mol. The number of rotatable bonds is 3. The number of hydrogen-bond donors (Lipinski definition) is 2. The van der Waals surface area contributed by atoms with Gasteiger partial charge in [0.05, 0.1) is 12.1 Å². The second-order valence-electron chi connectivity index (χ2n) is 3.35. The molecule has 0 aliphatic rings. The second-order valence-corrected chi connectivity index (χ2v) is 3.35. The van der Waals surface area contributed by atoms with Gasteiger partial charge in [0.1, 0.15) is 0 Å². The topological polar surface area (TPSA) is 114 Å². The van der Waals surface area contributed by atoms with Crippen molar-refractivity contribution in [3.05, 3.63) is 38.6 Å². The molecule has 8 heteroatoms. The van der Waals surface area contributed by atoms with Crippen LogP contribution in [0, 0.1) is 0 Å². The maximum Gasteiger partial charge on any atom is 0.331 e. The zero-order chi connectivity index (χ0) is 12.4. The summed E-state index contributed by atoms with van der Waals surface area (Å²) < 4.78 is 5.49. The van der Waals surface area contributed by atoms with Gasteiger partial charge < -0.3 is 9.63 Å². The van der Waals surface area contributed by atoms with Crippen molar-refractivity contribution in [3.63, 3.8) is 0 Å². The van der Waals surface area contributed by atoms with E-state index >= 15 is 0 Å². The summed E-state index contributed by atoms with van der Waals surface area (Å²) in [4.78, 5) is 28.7. The zero-order valence-corrected chi connectivity index (χ0v) is 9.01. The fourth-order valence-electron chi connectivity index (χ4n) is 1.47. The van der Waals surface area contributed by atoms with Crippen LogP contribution in [0.25, 0.3) is 0 Å². The van der Waals surface area contributed by atoms with Gasteiger partial charge in [-0.15, -0.1) is 0 Å². The van der Waals surface area contributed by atoms with Crippen LogP contribution < -0.4 is 11.2 Å². The molecular formula is C9H10N4O4. The summed E-state index contributed by atoms with van der Waals surface area (Å²) in [7, 11) is 0. The zero-order valence-electron chi connectivity index (χ0n) is 9.01. The van der Waals surface area contributed by atoms with Crippen molar-refractivity contribution < 1.29 is 9.63 Å². The Balaban J connectivity index is 2.54. The van der Waals surface area contributed by atoms with Gasteiger partial charge in [-0.25, -0.2) is 4.79 Å². The molecule has 2 aromatic heterocycles. The van der Waals surface area contributed by atoms with Gasteiger partial charge in [0.15, 0.2) is 5.82 Å². The third-order valence-corrected chi connectivity index (χ3v) is 2.33. The van der Waals surface area contributed by atoms with Gasteiger partial charge in [0.2, 0.25) is 12.3 Å². The van der Waals surface area contributed by atoms with E-state index in [1.165, 1.54) is 0 Å². The van der Waals surface area contributed by atoms with Crippen LogP contribution >= 0.6 is 0 Å². The Bertz CT molecular complexity index is 625. The SMILES string of the molecule is CCc1c(O)n(Cc2ncon2)c(=O)[nH]c1=O. The largest absolute Gasteiger partial charge is 0.494 e. The predicted molar refractivity (Wildman–Crippen MR) is 55.8 cm³/mol. The van der Waals surface area contributed by atoms with Crippen LogP contribution in [0.5, 0.6) is 5.88 Å². The summed E-state index contributed by atoms with van der Waals surface area (Å²) in [5.74, 6) is -0.137. The maximum absolute atomic E-state index is 11.5. The molecule has 0 aliphatic heterocycles. The first-order chi connectivity index (χ1) is 8.13. The van der Waals surface area contributed by atoms with Gasteiger partial charge in [0, 0.05) is 0 Å². The van der Waals surface area contributed by atoms with Gasteiger partial charge >= 0.3 is 5.69 Å². The van der Waals surface area contributed by atoms with Crippen LogP contribution in [0.3, 0.4) is 0 Å². The molecule has 0 aromatic carbocycles. The first-order valence-electron chi connectivity index (χ1n) is 4.93. The van der Waals surface area contributed by atoms with Gasteiger partial charge in [-0.2, -0.15) is 4.98 Å². The molecule has 0 saturated heterocycles. The standard InChI is InChI=1S/C9H10N4O4/c1-2-5-7(14)11-9(16)13(8(5)15)3-6-10-4-17-12-6/h4,15H,2-3H2,1H3,(H,11,14,16). The Hall–Kier alpha value is -2.38. The molecule has 2 N–H and O–H groups in total. The number of H-pyrrole nitrogens is 1. The predicted octanol–water partition coefficient (Wildman–Crippen LogP) is -0.764. The van der Waals surface area contributed by atoms with Gasteiger partial charge in [-0.1, -0.05) is 12.1 Å². The second kappa shape index (κ2) is 4.24. The Kier molecular flexibility index (Phi) is 2.77. The van der Waals surface area contributed by atoms with Crippen molar-refractivity contribution in [2.24, 2.45) is 0 Å². The minimum atomic E-state index is -0.713. The van der Waals surface area contributed by atoms with E-state index in [0.29, 0.717) is 6.42 Å². The highest BCUT2D eigenvalue weighted by atomic mass is 16.5. The van der Waals surface area contributed by atoms with Gasteiger partial charge in [-0.3, -0.25) is 14.3 Å². The summed E-state index contributed by atoms with van der Waals surface area (Å²) >= 11 is 0. The number of hydrogen-bond acceptors (Lipinski definition) is 6. The highest BCUT2D eigenvalue weighted by Gasteiger charge is 2.13. The first-order valence-corrected chi connectivity index (χ1v) is 4.93. The van der Waals surface area contributed by atoms with E-state index in [1.54, 1.807) is 6.92 Å². The molecule has 0 radical (unpaired) electrons. The lowest BCUT2D eigenvalue weighted by atomic mass is 10.2. The summed E-state index contributed by atoms with van der Waals surface area (Å²) in [6, 6.07) is 0. The van der Waals surface area contributed by atoms with E-state index in [-0.39, 0.29) is 23.8 Å². The summed E-state index contributed by atoms with van der Waals surface area (Å²) in [5.41, 5.74) is -1.15. The normalized spacial score (nSPS) is 10.6. The molecule has 2 rings (SSSR count). The first kappa shape index (κ1) is 11.1. The Morgan fingerprint density at radius 3 is 2.88 bits per heavy atom. The average Bonchev–Trinajstić information content (AvgIpc) is 2.77. The summed E-state index contributed by atoms with van der Waals surface area (Å²) in [5, 5.41) is 13.3. The van der Waals surface area contributed by atoms with Crippen molar-refractivity contribution in [2.45, 2.75) is 19.9 Å². The molecule has 8 nitrogen and oxygen atoms in total. The number of nitrogens with one attached hydrogen (secondary N) is 1. The smallest absolute Gasteiger partial charge is 0.331 e. The van der Waals surface area contributed by atoms with Crippen LogP contribution in [0.15, 0.2) is 20.5 Å². The lowest BCUT2D eigenvalue weighted by Gasteiger charge is -2.07. The lowest BCUT2D eigenvalue weighted by Crippen LogP contribution is -2.32. The number of nitrogens with zero attached hydrogens (tertiary/aromatic N) is 3. The fourth-order valence-corrected chi connectivity index (χ4v) is 1.47. The minimum Gasteiger partial charge on any atom is -0.494 e. The van der Waals surface area contributed by atoms with Gasteiger partial charge in [-0.05, 0) is 6.42 Å². The molecule has 0 amide bonds. The molecule has 0 atom stereocenters. The molecule has 17 heavy (non-hydrogen) atoms. The number of aromatic nitrogens is 4.